The molecular formula is C12H16N2O. The molecule has 0 atom stereocenters. The van der Waals surface area contributed by atoms with Crippen LogP contribution in [0.3, 0.4) is 0 Å². The Morgan fingerprint density at radius 3 is 2.93 bits per heavy atom. The monoisotopic (exact) mass is 204 g/mol. The number of nitrogens with zero attached hydrogens (tertiary/aromatic N) is 1. The minimum absolute atomic E-state index is 0.196. The Morgan fingerprint density at radius 2 is 2.27 bits per heavy atom. The maximum atomic E-state index is 11.7. The standard InChI is InChI=1S/C12H16N2O/c1-3-11(15)14-5-4-9-7-10(13)6-8(2)12(9)14/h6-7H,3-5,13H2,1-2H3. The van der Waals surface area contributed by atoms with Gasteiger partial charge in [-0.25, -0.2) is 0 Å². The van der Waals surface area contributed by atoms with Crippen molar-refractivity contribution in [3.8, 4) is 0 Å². The summed E-state index contributed by atoms with van der Waals surface area (Å²) >= 11 is 0. The lowest BCUT2D eigenvalue weighted by molar-refractivity contribution is -0.118. The smallest absolute Gasteiger partial charge is 0.226 e. The van der Waals surface area contributed by atoms with Crippen LogP contribution in [-0.2, 0) is 11.2 Å². The predicted molar refractivity (Wildman–Crippen MR) is 61.9 cm³/mol. The highest BCUT2D eigenvalue weighted by Gasteiger charge is 2.25. The molecule has 15 heavy (non-hydrogen) atoms. The number of benzene rings is 1. The summed E-state index contributed by atoms with van der Waals surface area (Å²) < 4.78 is 0. The minimum Gasteiger partial charge on any atom is -0.399 e. The van der Waals surface area contributed by atoms with Gasteiger partial charge in [0, 0.05) is 24.3 Å². The third-order valence-corrected chi connectivity index (χ3v) is 2.88. The van der Waals surface area contributed by atoms with Gasteiger partial charge in [-0.1, -0.05) is 6.92 Å². The number of nitrogens with two attached hydrogens (primary N) is 1. The van der Waals surface area contributed by atoms with E-state index in [0.29, 0.717) is 6.42 Å². The van der Waals surface area contributed by atoms with E-state index < -0.39 is 0 Å². The maximum absolute atomic E-state index is 11.7. The number of carbonyl (C=O) groups is 1. The van der Waals surface area contributed by atoms with Gasteiger partial charge in [-0.05, 0) is 36.6 Å². The first-order valence-electron chi connectivity index (χ1n) is 5.33. The average molecular weight is 204 g/mol. The van der Waals surface area contributed by atoms with Crippen molar-refractivity contribution in [1.29, 1.82) is 0 Å². The quantitative estimate of drug-likeness (QED) is 0.710. The molecule has 0 radical (unpaired) electrons. The maximum Gasteiger partial charge on any atom is 0.226 e. The van der Waals surface area contributed by atoms with Crippen LogP contribution >= 0.6 is 0 Å². The Bertz CT molecular complexity index is 412. The molecule has 3 nitrogen and oxygen atoms in total. The fourth-order valence-electron chi connectivity index (χ4n) is 2.24. The lowest BCUT2D eigenvalue weighted by atomic mass is 10.1. The van der Waals surface area contributed by atoms with E-state index in [1.165, 1.54) is 5.56 Å². The van der Waals surface area contributed by atoms with Crippen LogP contribution in [0, 0.1) is 6.92 Å². The van der Waals surface area contributed by atoms with Crippen molar-refractivity contribution in [2.45, 2.75) is 26.7 Å². The van der Waals surface area contributed by atoms with Gasteiger partial charge < -0.3 is 10.6 Å². The SMILES string of the molecule is CCC(=O)N1CCc2cc(N)cc(C)c21. The fraction of sp³-hybridized carbons (Fsp3) is 0.417. The van der Waals surface area contributed by atoms with Gasteiger partial charge in [0.2, 0.25) is 5.91 Å². The van der Waals surface area contributed by atoms with Crippen molar-refractivity contribution < 1.29 is 4.79 Å². The van der Waals surface area contributed by atoms with Gasteiger partial charge in [-0.15, -0.1) is 0 Å². The summed E-state index contributed by atoms with van der Waals surface area (Å²) in [5.41, 5.74) is 9.96. The van der Waals surface area contributed by atoms with Crippen LogP contribution in [0.15, 0.2) is 12.1 Å². The van der Waals surface area contributed by atoms with Crippen molar-refractivity contribution in [2.24, 2.45) is 0 Å². The highest BCUT2D eigenvalue weighted by Crippen LogP contribution is 2.33. The molecular weight excluding hydrogens is 188 g/mol. The summed E-state index contributed by atoms with van der Waals surface area (Å²) in [6.45, 7) is 4.70. The number of carbonyl (C=O) groups excluding carboxylic acids is 1. The molecule has 2 N–H and O–H groups in total. The molecule has 1 aromatic rings. The largest absolute Gasteiger partial charge is 0.399 e. The van der Waals surface area contributed by atoms with Gasteiger partial charge in [0.1, 0.15) is 0 Å². The molecule has 0 fully saturated rings. The third-order valence-electron chi connectivity index (χ3n) is 2.88. The fourth-order valence-corrected chi connectivity index (χ4v) is 2.24. The topological polar surface area (TPSA) is 46.3 Å². The zero-order valence-electron chi connectivity index (χ0n) is 9.21. The molecule has 1 aliphatic heterocycles. The number of hydrogen-bond acceptors (Lipinski definition) is 2. The number of hydrogen-bond donors (Lipinski definition) is 1. The second kappa shape index (κ2) is 3.57. The normalized spacial score (nSPS) is 14.1. The molecule has 3 heteroatoms. The molecule has 0 unspecified atom stereocenters. The van der Waals surface area contributed by atoms with Crippen LogP contribution in [0.5, 0.6) is 0 Å². The summed E-state index contributed by atoms with van der Waals surface area (Å²) in [5.74, 6) is 0.196. The van der Waals surface area contributed by atoms with E-state index in [-0.39, 0.29) is 5.91 Å². The van der Waals surface area contributed by atoms with Gasteiger partial charge in [-0.3, -0.25) is 4.79 Å². The van der Waals surface area contributed by atoms with E-state index >= 15 is 0 Å². The first-order valence-corrected chi connectivity index (χ1v) is 5.33. The van der Waals surface area contributed by atoms with Gasteiger partial charge in [0.05, 0.1) is 0 Å². The Morgan fingerprint density at radius 1 is 1.53 bits per heavy atom. The minimum atomic E-state index is 0.196. The predicted octanol–water partition coefficient (Wildman–Crippen LogP) is 1.88. The zero-order chi connectivity index (χ0) is 11.0. The molecule has 0 saturated carbocycles. The van der Waals surface area contributed by atoms with E-state index in [2.05, 4.69) is 0 Å². The summed E-state index contributed by atoms with van der Waals surface area (Å²) in [6, 6.07) is 3.91. The number of amides is 1. The Kier molecular flexibility index (Phi) is 2.39. The van der Waals surface area contributed by atoms with Crippen molar-refractivity contribution in [2.75, 3.05) is 17.2 Å². The summed E-state index contributed by atoms with van der Waals surface area (Å²) in [5, 5.41) is 0. The van der Waals surface area contributed by atoms with Gasteiger partial charge in [-0.2, -0.15) is 0 Å². The summed E-state index contributed by atoms with van der Waals surface area (Å²) in [7, 11) is 0. The molecule has 0 spiro atoms. The molecule has 1 aromatic carbocycles. The molecule has 1 aliphatic rings. The number of fused-ring (bicyclic) bond motifs is 1. The van der Waals surface area contributed by atoms with Gasteiger partial charge in [0.25, 0.3) is 0 Å². The lowest BCUT2D eigenvalue weighted by Gasteiger charge is -2.18. The molecule has 1 amide bonds. The number of nitrogen functional groups attached to an aromatic ring is 1. The lowest BCUT2D eigenvalue weighted by Crippen LogP contribution is -2.28. The third kappa shape index (κ3) is 1.58. The van der Waals surface area contributed by atoms with Crippen molar-refractivity contribution in [3.63, 3.8) is 0 Å². The van der Waals surface area contributed by atoms with E-state index in [1.54, 1.807) is 0 Å². The number of aryl methyl sites for hydroxylation is 1. The highest BCUT2D eigenvalue weighted by molar-refractivity contribution is 5.96. The van der Waals surface area contributed by atoms with Crippen LogP contribution in [0.2, 0.25) is 0 Å². The molecule has 0 saturated heterocycles. The van der Waals surface area contributed by atoms with Gasteiger partial charge in [0.15, 0.2) is 0 Å². The van der Waals surface area contributed by atoms with Crippen LogP contribution in [0.1, 0.15) is 24.5 Å². The van der Waals surface area contributed by atoms with Crippen molar-refractivity contribution in [3.05, 3.63) is 23.3 Å². The number of rotatable bonds is 1. The highest BCUT2D eigenvalue weighted by atomic mass is 16.2. The number of anilines is 2. The Labute approximate surface area is 89.9 Å². The van der Waals surface area contributed by atoms with E-state index in [9.17, 15) is 4.79 Å². The zero-order valence-corrected chi connectivity index (χ0v) is 9.21. The van der Waals surface area contributed by atoms with E-state index in [0.717, 1.165) is 29.9 Å². The second-order valence-corrected chi connectivity index (χ2v) is 3.99. The Hall–Kier alpha value is -1.51. The van der Waals surface area contributed by atoms with E-state index in [1.807, 2.05) is 30.9 Å². The van der Waals surface area contributed by atoms with Crippen molar-refractivity contribution in [1.82, 2.24) is 0 Å². The summed E-state index contributed by atoms with van der Waals surface area (Å²) in [4.78, 5) is 13.6. The molecule has 0 aliphatic carbocycles. The molecule has 0 bridgehead atoms. The van der Waals surface area contributed by atoms with E-state index in [4.69, 9.17) is 5.73 Å². The van der Waals surface area contributed by atoms with Crippen LogP contribution in [0.25, 0.3) is 0 Å². The summed E-state index contributed by atoms with van der Waals surface area (Å²) in [6.07, 6.45) is 1.48. The van der Waals surface area contributed by atoms with Crippen molar-refractivity contribution >= 4 is 17.3 Å². The van der Waals surface area contributed by atoms with Crippen LogP contribution < -0.4 is 10.6 Å². The molecule has 1 heterocycles. The molecule has 2 rings (SSSR count). The van der Waals surface area contributed by atoms with Crippen LogP contribution in [-0.4, -0.2) is 12.5 Å². The average Bonchev–Trinajstić information content (AvgIpc) is 2.60. The first-order chi connectivity index (χ1) is 7.13. The van der Waals surface area contributed by atoms with Crippen LogP contribution in [0.4, 0.5) is 11.4 Å². The Balaban J connectivity index is 2.46. The second-order valence-electron chi connectivity index (χ2n) is 3.99. The van der Waals surface area contributed by atoms with Gasteiger partial charge >= 0.3 is 0 Å². The molecule has 80 valence electrons. The molecule has 0 aromatic heterocycles. The first kappa shape index (κ1) is 10.0.